The van der Waals surface area contributed by atoms with Crippen LogP contribution < -0.4 is 15.4 Å². The smallest absolute Gasteiger partial charge is 0.317 e. The second kappa shape index (κ2) is 10.5. The van der Waals surface area contributed by atoms with Gasteiger partial charge in [0.2, 0.25) is 0 Å². The highest BCUT2D eigenvalue weighted by molar-refractivity contribution is 5.97. The SMILES string of the molecule is OC1(CNCc2nc(OC[C@@]34CCCN3C[C@H](F)C4)nc3c(F)c(-c4cccc5ccccc45)ncc23)CCNC1. The van der Waals surface area contributed by atoms with E-state index in [1.807, 2.05) is 42.5 Å². The predicted molar refractivity (Wildman–Crippen MR) is 153 cm³/mol. The van der Waals surface area contributed by atoms with E-state index >= 15 is 4.39 Å². The first-order valence-corrected chi connectivity index (χ1v) is 14.4. The molecule has 214 valence electrons. The van der Waals surface area contributed by atoms with Gasteiger partial charge in [-0.3, -0.25) is 9.88 Å². The van der Waals surface area contributed by atoms with Gasteiger partial charge in [-0.15, -0.1) is 0 Å². The van der Waals surface area contributed by atoms with Crippen LogP contribution in [0.3, 0.4) is 0 Å². The number of rotatable bonds is 8. The predicted octanol–water partition coefficient (Wildman–Crippen LogP) is 3.75. The molecule has 0 amide bonds. The first kappa shape index (κ1) is 26.6. The molecule has 3 atom stereocenters. The third kappa shape index (κ3) is 4.92. The summed E-state index contributed by atoms with van der Waals surface area (Å²) in [6.07, 6.45) is 3.66. The Labute approximate surface area is 237 Å². The molecule has 2 aromatic heterocycles. The number of nitrogens with one attached hydrogen (secondary N) is 2. The number of halogens is 2. The molecule has 4 aromatic rings. The molecule has 3 fully saturated rings. The Morgan fingerprint density at radius 1 is 1.12 bits per heavy atom. The number of alkyl halides is 1. The molecule has 2 aromatic carbocycles. The molecule has 3 saturated heterocycles. The number of aromatic nitrogens is 3. The third-order valence-electron chi connectivity index (χ3n) is 8.99. The lowest BCUT2D eigenvalue weighted by Gasteiger charge is -2.30. The van der Waals surface area contributed by atoms with Gasteiger partial charge in [-0.25, -0.2) is 8.78 Å². The van der Waals surface area contributed by atoms with Crippen LogP contribution in [0.25, 0.3) is 32.9 Å². The van der Waals surface area contributed by atoms with Crippen molar-refractivity contribution in [3.8, 4) is 17.3 Å². The number of benzene rings is 2. The van der Waals surface area contributed by atoms with E-state index in [1.165, 1.54) is 0 Å². The van der Waals surface area contributed by atoms with Crippen molar-refractivity contribution in [2.45, 2.75) is 49.5 Å². The number of fused-ring (bicyclic) bond motifs is 3. The molecule has 0 saturated carbocycles. The van der Waals surface area contributed by atoms with E-state index in [0.717, 1.165) is 36.7 Å². The van der Waals surface area contributed by atoms with E-state index in [1.54, 1.807) is 6.20 Å². The zero-order chi connectivity index (χ0) is 28.0. The van der Waals surface area contributed by atoms with Crippen molar-refractivity contribution in [2.75, 3.05) is 39.3 Å². The Bertz CT molecular complexity index is 1590. The van der Waals surface area contributed by atoms with Gasteiger partial charge in [-0.2, -0.15) is 9.97 Å². The highest BCUT2D eigenvalue weighted by Crippen LogP contribution is 2.40. The summed E-state index contributed by atoms with van der Waals surface area (Å²) in [6, 6.07) is 13.6. The molecule has 3 aliphatic rings. The zero-order valence-corrected chi connectivity index (χ0v) is 22.9. The maximum Gasteiger partial charge on any atom is 0.317 e. The van der Waals surface area contributed by atoms with E-state index in [9.17, 15) is 9.50 Å². The summed E-state index contributed by atoms with van der Waals surface area (Å²) in [4.78, 5) is 15.9. The Hall–Kier alpha value is -3.31. The summed E-state index contributed by atoms with van der Waals surface area (Å²) >= 11 is 0. The molecule has 0 bridgehead atoms. The molecule has 3 aliphatic heterocycles. The van der Waals surface area contributed by atoms with Crippen LogP contribution in [-0.4, -0.2) is 81.6 Å². The van der Waals surface area contributed by atoms with Crippen LogP contribution in [0.4, 0.5) is 8.78 Å². The van der Waals surface area contributed by atoms with Crippen molar-refractivity contribution in [1.29, 1.82) is 0 Å². The number of nitrogens with zero attached hydrogens (tertiary/aromatic N) is 4. The van der Waals surface area contributed by atoms with Crippen LogP contribution in [0.5, 0.6) is 6.01 Å². The fourth-order valence-corrected chi connectivity index (χ4v) is 6.86. The lowest BCUT2D eigenvalue weighted by atomic mass is 9.95. The average Bonchev–Trinajstić information content (AvgIpc) is 3.66. The molecule has 0 spiro atoms. The second-order valence-electron chi connectivity index (χ2n) is 11.8. The van der Waals surface area contributed by atoms with Gasteiger partial charge >= 0.3 is 6.01 Å². The Morgan fingerprint density at radius 3 is 2.88 bits per heavy atom. The van der Waals surface area contributed by atoms with Crippen molar-refractivity contribution < 1.29 is 18.6 Å². The van der Waals surface area contributed by atoms with Crippen LogP contribution >= 0.6 is 0 Å². The normalized spacial score (nSPS) is 26.3. The highest BCUT2D eigenvalue weighted by Gasteiger charge is 2.49. The quantitative estimate of drug-likeness (QED) is 0.300. The van der Waals surface area contributed by atoms with Crippen LogP contribution in [0, 0.1) is 5.82 Å². The van der Waals surface area contributed by atoms with E-state index in [0.29, 0.717) is 49.1 Å². The minimum atomic E-state index is -0.876. The highest BCUT2D eigenvalue weighted by atomic mass is 19.1. The minimum Gasteiger partial charge on any atom is -0.461 e. The number of ether oxygens (including phenoxy) is 1. The van der Waals surface area contributed by atoms with Gasteiger partial charge in [0.1, 0.15) is 24.0 Å². The maximum absolute atomic E-state index is 16.3. The fourth-order valence-electron chi connectivity index (χ4n) is 6.86. The minimum absolute atomic E-state index is 0.0630. The molecule has 8 nitrogen and oxygen atoms in total. The summed E-state index contributed by atoms with van der Waals surface area (Å²) in [5, 5.41) is 19.6. The van der Waals surface area contributed by atoms with Crippen molar-refractivity contribution in [1.82, 2.24) is 30.5 Å². The molecule has 7 rings (SSSR count). The molecule has 41 heavy (non-hydrogen) atoms. The van der Waals surface area contributed by atoms with E-state index in [-0.39, 0.29) is 35.9 Å². The van der Waals surface area contributed by atoms with Crippen molar-refractivity contribution >= 4 is 21.7 Å². The molecule has 10 heteroatoms. The van der Waals surface area contributed by atoms with Gasteiger partial charge in [0.25, 0.3) is 0 Å². The van der Waals surface area contributed by atoms with Gasteiger partial charge in [0.15, 0.2) is 5.82 Å². The molecular formula is C31H34F2N6O2. The van der Waals surface area contributed by atoms with E-state index in [2.05, 4.69) is 30.5 Å². The van der Waals surface area contributed by atoms with Crippen LogP contribution in [0.2, 0.25) is 0 Å². The molecule has 0 radical (unpaired) electrons. The number of β-amino-alcohol motifs (C(OH)–C–C–N with tert-alkyl or cyclic N) is 1. The van der Waals surface area contributed by atoms with Gasteiger partial charge < -0.3 is 20.5 Å². The first-order chi connectivity index (χ1) is 19.9. The van der Waals surface area contributed by atoms with E-state index < -0.39 is 17.6 Å². The summed E-state index contributed by atoms with van der Waals surface area (Å²) in [5.41, 5.74) is 0.330. The summed E-state index contributed by atoms with van der Waals surface area (Å²) in [6.45, 7) is 3.43. The summed E-state index contributed by atoms with van der Waals surface area (Å²) < 4.78 is 36.8. The van der Waals surface area contributed by atoms with Gasteiger partial charge in [0, 0.05) is 49.7 Å². The van der Waals surface area contributed by atoms with Crippen molar-refractivity contribution in [3.63, 3.8) is 0 Å². The monoisotopic (exact) mass is 560 g/mol. The van der Waals surface area contributed by atoms with Crippen molar-refractivity contribution in [2.24, 2.45) is 0 Å². The van der Waals surface area contributed by atoms with Gasteiger partial charge in [-0.05, 0) is 43.1 Å². The van der Waals surface area contributed by atoms with Gasteiger partial charge in [-0.1, -0.05) is 42.5 Å². The van der Waals surface area contributed by atoms with Crippen LogP contribution in [-0.2, 0) is 6.54 Å². The second-order valence-corrected chi connectivity index (χ2v) is 11.8. The number of hydrogen-bond acceptors (Lipinski definition) is 8. The van der Waals surface area contributed by atoms with Crippen LogP contribution in [0.15, 0.2) is 48.7 Å². The molecular weight excluding hydrogens is 526 g/mol. The molecule has 3 N–H and O–H groups in total. The van der Waals surface area contributed by atoms with Crippen LogP contribution in [0.1, 0.15) is 31.4 Å². The number of pyridine rings is 1. The number of aliphatic hydroxyl groups is 1. The average molecular weight is 561 g/mol. The largest absolute Gasteiger partial charge is 0.461 e. The third-order valence-corrected chi connectivity index (χ3v) is 8.99. The molecule has 0 aliphatic carbocycles. The fraction of sp³-hybridized carbons (Fsp3) is 0.452. The van der Waals surface area contributed by atoms with Gasteiger partial charge in [0.05, 0.1) is 16.8 Å². The zero-order valence-electron chi connectivity index (χ0n) is 22.9. The topological polar surface area (TPSA) is 95.4 Å². The summed E-state index contributed by atoms with van der Waals surface area (Å²) in [7, 11) is 0. The molecule has 1 unspecified atom stereocenters. The summed E-state index contributed by atoms with van der Waals surface area (Å²) in [5.74, 6) is -0.545. The van der Waals surface area contributed by atoms with Crippen molar-refractivity contribution in [3.05, 3.63) is 60.2 Å². The standard InChI is InChI=1S/C31H34F2N6O2/c32-21-13-30(9-4-12-39(30)16-21)19-41-29-37-25(15-35-18-31(40)10-11-34-17-31)24-14-36-27(26(33)28(24)38-29)23-8-3-6-20-5-1-2-7-22(20)23/h1-3,5-8,14,21,34-35,40H,4,9-13,15-19H2/t21-,30+,31?/m1/s1. The Kier molecular flexibility index (Phi) is 6.81. The molecule has 5 heterocycles. The van der Waals surface area contributed by atoms with E-state index in [4.69, 9.17) is 4.74 Å². The first-order valence-electron chi connectivity index (χ1n) is 14.4. The maximum atomic E-state index is 16.3. The number of hydrogen-bond donors (Lipinski definition) is 3. The Balaban J connectivity index is 1.25. The lowest BCUT2D eigenvalue weighted by molar-refractivity contribution is 0.0608. The Morgan fingerprint density at radius 2 is 2.00 bits per heavy atom. The lowest BCUT2D eigenvalue weighted by Crippen LogP contribution is -2.43.